The van der Waals surface area contributed by atoms with Gasteiger partial charge in [0.15, 0.2) is 5.16 Å². The van der Waals surface area contributed by atoms with Gasteiger partial charge in [0.1, 0.15) is 11.6 Å². The fraction of sp³-hybridized carbons (Fsp3) is 0.333. The zero-order valence-corrected chi connectivity index (χ0v) is 16.4. The molecule has 2 aromatic carbocycles. The molecule has 1 aromatic heterocycles. The summed E-state index contributed by atoms with van der Waals surface area (Å²) in [6.45, 7) is 7.71. The summed E-state index contributed by atoms with van der Waals surface area (Å²) in [5, 5.41) is 9.54. The number of thioether (sulfide) groups is 1. The summed E-state index contributed by atoms with van der Waals surface area (Å²) in [6, 6.07) is 16.7. The van der Waals surface area contributed by atoms with Gasteiger partial charge in [-0.25, -0.2) is 0 Å². The molecule has 0 aliphatic carbocycles. The number of hydrogen-bond acceptors (Lipinski definition) is 4. The van der Waals surface area contributed by atoms with Gasteiger partial charge in [-0.1, -0.05) is 48.2 Å². The first-order valence-electron chi connectivity index (χ1n) is 8.89. The number of nitrogens with zero attached hydrogens (tertiary/aromatic N) is 3. The lowest BCUT2D eigenvalue weighted by Crippen LogP contribution is -2.05. The molecular formula is C21H25N3OS. The Balaban J connectivity index is 1.49. The number of ether oxygens (including phenoxy) is 1. The highest BCUT2D eigenvalue weighted by atomic mass is 32.2. The summed E-state index contributed by atoms with van der Waals surface area (Å²) in [5.74, 6) is 2.86. The molecule has 0 spiro atoms. The molecule has 0 radical (unpaired) electrons. The van der Waals surface area contributed by atoms with Crippen LogP contribution in [0, 0.1) is 20.8 Å². The summed E-state index contributed by atoms with van der Waals surface area (Å²) in [4.78, 5) is 0. The first kappa shape index (κ1) is 18.5. The topological polar surface area (TPSA) is 39.9 Å². The maximum absolute atomic E-state index is 5.88. The predicted octanol–water partition coefficient (Wildman–Crippen LogP) is 4.81. The maximum Gasteiger partial charge on any atom is 0.191 e. The molecule has 0 N–H and O–H groups in total. The molecule has 3 rings (SSSR count). The van der Waals surface area contributed by atoms with E-state index < -0.39 is 0 Å². The van der Waals surface area contributed by atoms with Crippen LogP contribution < -0.4 is 4.74 Å². The molecule has 0 aliphatic heterocycles. The van der Waals surface area contributed by atoms with Crippen LogP contribution in [0.2, 0.25) is 0 Å². The normalized spacial score (nSPS) is 10.9. The third-order valence-electron chi connectivity index (χ3n) is 4.07. The smallest absolute Gasteiger partial charge is 0.191 e. The van der Waals surface area contributed by atoms with E-state index in [1.165, 1.54) is 16.7 Å². The minimum atomic E-state index is 0.710. The molecule has 26 heavy (non-hydrogen) atoms. The van der Waals surface area contributed by atoms with Crippen molar-refractivity contribution in [3.8, 4) is 5.75 Å². The highest BCUT2D eigenvalue weighted by Crippen LogP contribution is 2.20. The molecule has 136 valence electrons. The molecule has 0 atom stereocenters. The van der Waals surface area contributed by atoms with Gasteiger partial charge in [-0.15, -0.1) is 10.2 Å². The van der Waals surface area contributed by atoms with E-state index in [2.05, 4.69) is 71.1 Å². The van der Waals surface area contributed by atoms with Crippen LogP contribution in [0.1, 0.15) is 28.9 Å². The Bertz CT molecular complexity index is 825. The van der Waals surface area contributed by atoms with E-state index in [0.29, 0.717) is 6.61 Å². The number of rotatable bonds is 8. The molecular weight excluding hydrogens is 342 g/mol. The summed E-state index contributed by atoms with van der Waals surface area (Å²) in [7, 11) is 0. The van der Waals surface area contributed by atoms with E-state index in [4.69, 9.17) is 4.74 Å². The average Bonchev–Trinajstić information content (AvgIpc) is 2.95. The van der Waals surface area contributed by atoms with Crippen molar-refractivity contribution in [1.29, 1.82) is 0 Å². The van der Waals surface area contributed by atoms with Crippen molar-refractivity contribution in [2.75, 3.05) is 12.4 Å². The van der Waals surface area contributed by atoms with Crippen molar-refractivity contribution >= 4 is 11.8 Å². The quantitative estimate of drug-likeness (QED) is 0.423. The zero-order chi connectivity index (χ0) is 18.4. The number of aromatic nitrogens is 3. The standard InChI is InChI=1S/C21H25N3OS/c1-16-12-17(2)14-20(13-16)25-10-7-11-26-21-23-22-18(3)24(21)15-19-8-5-4-6-9-19/h4-6,8-9,12-14H,7,10-11,15H2,1-3H3. The molecule has 0 fully saturated rings. The van der Waals surface area contributed by atoms with Crippen LogP contribution in [0.3, 0.4) is 0 Å². The number of aryl methyl sites for hydroxylation is 3. The van der Waals surface area contributed by atoms with Crippen LogP contribution in [-0.4, -0.2) is 27.1 Å². The van der Waals surface area contributed by atoms with E-state index >= 15 is 0 Å². The third kappa shape index (κ3) is 5.11. The molecule has 3 aromatic rings. The minimum absolute atomic E-state index is 0.710. The summed E-state index contributed by atoms with van der Waals surface area (Å²) >= 11 is 1.74. The molecule has 0 saturated heterocycles. The Morgan fingerprint density at radius 2 is 1.69 bits per heavy atom. The van der Waals surface area contributed by atoms with E-state index in [9.17, 15) is 0 Å². The minimum Gasteiger partial charge on any atom is -0.494 e. The molecule has 0 aliphatic rings. The van der Waals surface area contributed by atoms with Gasteiger partial charge in [-0.2, -0.15) is 0 Å². The Labute approximate surface area is 159 Å². The monoisotopic (exact) mass is 367 g/mol. The molecule has 4 nitrogen and oxygen atoms in total. The zero-order valence-electron chi connectivity index (χ0n) is 15.6. The summed E-state index contributed by atoms with van der Waals surface area (Å²) < 4.78 is 8.05. The van der Waals surface area contributed by atoms with Gasteiger partial charge >= 0.3 is 0 Å². The lowest BCUT2D eigenvalue weighted by atomic mass is 10.1. The Kier molecular flexibility index (Phi) is 6.34. The van der Waals surface area contributed by atoms with Crippen LogP contribution in [0.4, 0.5) is 0 Å². The number of hydrogen-bond donors (Lipinski definition) is 0. The average molecular weight is 368 g/mol. The van der Waals surface area contributed by atoms with Crippen LogP contribution in [0.5, 0.6) is 5.75 Å². The largest absolute Gasteiger partial charge is 0.494 e. The molecule has 0 amide bonds. The van der Waals surface area contributed by atoms with Gasteiger partial charge in [0.05, 0.1) is 13.2 Å². The number of benzene rings is 2. The van der Waals surface area contributed by atoms with Crippen molar-refractivity contribution in [3.05, 3.63) is 71.0 Å². The van der Waals surface area contributed by atoms with Gasteiger partial charge in [-0.3, -0.25) is 0 Å². The summed E-state index contributed by atoms with van der Waals surface area (Å²) in [6.07, 6.45) is 0.967. The highest BCUT2D eigenvalue weighted by Gasteiger charge is 2.09. The van der Waals surface area contributed by atoms with Gasteiger partial charge in [0, 0.05) is 5.75 Å². The lowest BCUT2D eigenvalue weighted by Gasteiger charge is -2.09. The second kappa shape index (κ2) is 8.90. The van der Waals surface area contributed by atoms with Gasteiger partial charge in [0.25, 0.3) is 0 Å². The molecule has 0 bridgehead atoms. The van der Waals surface area contributed by atoms with Crippen molar-refractivity contribution in [3.63, 3.8) is 0 Å². The Morgan fingerprint density at radius 3 is 2.42 bits per heavy atom. The molecule has 5 heteroatoms. The van der Waals surface area contributed by atoms with Gasteiger partial charge in [0.2, 0.25) is 0 Å². The maximum atomic E-state index is 5.88. The Morgan fingerprint density at radius 1 is 0.962 bits per heavy atom. The summed E-state index contributed by atoms with van der Waals surface area (Å²) in [5.41, 5.74) is 3.73. The molecule has 0 saturated carbocycles. The fourth-order valence-corrected chi connectivity index (χ4v) is 3.74. The predicted molar refractivity (Wildman–Crippen MR) is 107 cm³/mol. The van der Waals surface area contributed by atoms with Crippen molar-refractivity contribution in [1.82, 2.24) is 14.8 Å². The van der Waals surface area contributed by atoms with E-state index in [1.807, 2.05) is 13.0 Å². The van der Waals surface area contributed by atoms with Gasteiger partial charge < -0.3 is 9.30 Å². The van der Waals surface area contributed by atoms with Crippen molar-refractivity contribution in [2.24, 2.45) is 0 Å². The second-order valence-electron chi connectivity index (χ2n) is 6.48. The highest BCUT2D eigenvalue weighted by molar-refractivity contribution is 7.99. The van der Waals surface area contributed by atoms with Gasteiger partial charge in [-0.05, 0) is 56.0 Å². The molecule has 1 heterocycles. The van der Waals surface area contributed by atoms with Crippen molar-refractivity contribution < 1.29 is 4.74 Å². The van der Waals surface area contributed by atoms with Crippen LogP contribution in [-0.2, 0) is 6.54 Å². The third-order valence-corrected chi connectivity index (χ3v) is 5.12. The van der Waals surface area contributed by atoms with Crippen LogP contribution >= 0.6 is 11.8 Å². The first-order chi connectivity index (χ1) is 12.6. The lowest BCUT2D eigenvalue weighted by molar-refractivity contribution is 0.318. The van der Waals surface area contributed by atoms with Crippen molar-refractivity contribution in [2.45, 2.75) is 38.9 Å². The van der Waals surface area contributed by atoms with E-state index in [0.717, 1.165) is 35.4 Å². The SMILES string of the molecule is Cc1cc(C)cc(OCCCSc2nnc(C)n2Cc2ccccc2)c1. The first-order valence-corrected chi connectivity index (χ1v) is 9.88. The second-order valence-corrected chi connectivity index (χ2v) is 7.54. The van der Waals surface area contributed by atoms with E-state index in [-0.39, 0.29) is 0 Å². The van der Waals surface area contributed by atoms with Crippen LogP contribution in [0.15, 0.2) is 53.7 Å². The van der Waals surface area contributed by atoms with E-state index in [1.54, 1.807) is 11.8 Å². The molecule has 0 unspecified atom stereocenters. The van der Waals surface area contributed by atoms with Crippen LogP contribution in [0.25, 0.3) is 0 Å². The fourth-order valence-electron chi connectivity index (χ4n) is 2.84. The Hall–Kier alpha value is -2.27.